The normalized spacial score (nSPS) is 25.6. The molecule has 2 aliphatic rings. The third kappa shape index (κ3) is 2.30. The third-order valence-corrected chi connectivity index (χ3v) is 4.81. The van der Waals surface area contributed by atoms with Crippen molar-refractivity contribution in [2.45, 2.75) is 33.1 Å². The van der Waals surface area contributed by atoms with Gasteiger partial charge in [0.25, 0.3) is 0 Å². The Morgan fingerprint density at radius 3 is 2.50 bits per heavy atom. The van der Waals surface area contributed by atoms with Crippen LogP contribution in [0.3, 0.4) is 0 Å². The number of Topliss-reactive ketones (excluding diaryl/α,β-unsaturated/α-hetero) is 1. The van der Waals surface area contributed by atoms with E-state index in [4.69, 9.17) is 5.11 Å². The Bertz CT molecular complexity index is 677. The molecule has 1 aromatic rings. The number of carboxylic acids is 1. The first-order chi connectivity index (χ1) is 10.3. The molecule has 0 aromatic heterocycles. The van der Waals surface area contributed by atoms with E-state index in [9.17, 15) is 14.4 Å². The first-order valence-electron chi connectivity index (χ1n) is 7.51. The lowest BCUT2D eigenvalue weighted by Crippen LogP contribution is -2.39. The third-order valence-electron chi connectivity index (χ3n) is 4.81. The number of ketones is 1. The van der Waals surface area contributed by atoms with Crippen molar-refractivity contribution in [2.24, 2.45) is 17.3 Å². The number of carbonyl (C=O) groups excluding carboxylic acids is 2. The zero-order chi connectivity index (χ0) is 16.1. The predicted molar refractivity (Wildman–Crippen MR) is 80.7 cm³/mol. The van der Waals surface area contributed by atoms with Crippen LogP contribution >= 0.6 is 0 Å². The molecule has 1 heterocycles. The lowest BCUT2D eigenvalue weighted by Gasteiger charge is -2.33. The highest BCUT2D eigenvalue weighted by molar-refractivity contribution is 6.03. The van der Waals surface area contributed by atoms with Crippen molar-refractivity contribution in [1.82, 2.24) is 0 Å². The van der Waals surface area contributed by atoms with E-state index >= 15 is 0 Å². The van der Waals surface area contributed by atoms with Crippen LogP contribution in [0.2, 0.25) is 0 Å². The maximum atomic E-state index is 12.5. The number of fused-ring (bicyclic) bond motifs is 1. The topological polar surface area (TPSA) is 83.5 Å². The van der Waals surface area contributed by atoms with Gasteiger partial charge in [-0.3, -0.25) is 14.4 Å². The minimum absolute atomic E-state index is 0.0241. The second-order valence-corrected chi connectivity index (χ2v) is 6.88. The zero-order valence-electron chi connectivity index (χ0n) is 12.7. The number of aliphatic carboxylic acids is 1. The average Bonchev–Trinajstić information content (AvgIpc) is 2.37. The number of rotatable bonds is 3. The molecule has 1 saturated carbocycles. The Labute approximate surface area is 128 Å². The molecule has 1 fully saturated rings. The number of anilines is 1. The molecule has 116 valence electrons. The van der Waals surface area contributed by atoms with Gasteiger partial charge in [-0.25, -0.2) is 0 Å². The number of carboxylic acid groups (broad SMARTS) is 1. The van der Waals surface area contributed by atoms with Crippen LogP contribution in [0.5, 0.6) is 0 Å². The van der Waals surface area contributed by atoms with E-state index in [2.05, 4.69) is 5.32 Å². The van der Waals surface area contributed by atoms with E-state index in [1.807, 2.05) is 13.8 Å². The van der Waals surface area contributed by atoms with Crippen LogP contribution in [-0.2, 0) is 16.0 Å². The summed E-state index contributed by atoms with van der Waals surface area (Å²) in [6.45, 7) is 3.73. The molecule has 0 radical (unpaired) electrons. The highest BCUT2D eigenvalue weighted by atomic mass is 16.4. The van der Waals surface area contributed by atoms with Gasteiger partial charge in [-0.1, -0.05) is 13.8 Å². The molecule has 5 heteroatoms. The summed E-state index contributed by atoms with van der Waals surface area (Å²) in [4.78, 5) is 35.5. The monoisotopic (exact) mass is 301 g/mol. The molecule has 0 spiro atoms. The van der Waals surface area contributed by atoms with E-state index in [0.29, 0.717) is 24.8 Å². The van der Waals surface area contributed by atoms with E-state index in [1.54, 1.807) is 18.2 Å². The van der Waals surface area contributed by atoms with Crippen molar-refractivity contribution in [1.29, 1.82) is 0 Å². The molecule has 0 bridgehead atoms. The van der Waals surface area contributed by atoms with Gasteiger partial charge in [0.05, 0.1) is 5.92 Å². The number of benzene rings is 1. The van der Waals surface area contributed by atoms with E-state index in [1.165, 1.54) is 0 Å². The zero-order valence-corrected chi connectivity index (χ0v) is 12.7. The van der Waals surface area contributed by atoms with Crippen molar-refractivity contribution >= 4 is 23.3 Å². The molecule has 1 aliphatic carbocycles. The Kier molecular flexibility index (Phi) is 3.31. The van der Waals surface area contributed by atoms with Gasteiger partial charge in [-0.05, 0) is 43.0 Å². The van der Waals surface area contributed by atoms with Crippen molar-refractivity contribution in [3.63, 3.8) is 0 Å². The smallest absolute Gasteiger partial charge is 0.307 e. The second-order valence-electron chi connectivity index (χ2n) is 6.88. The lowest BCUT2D eigenvalue weighted by molar-refractivity contribution is -0.146. The average molecular weight is 301 g/mol. The predicted octanol–water partition coefficient (Wildman–Crippen LogP) is 2.50. The summed E-state index contributed by atoms with van der Waals surface area (Å²) in [5.41, 5.74) is 1.71. The van der Waals surface area contributed by atoms with Gasteiger partial charge in [-0.2, -0.15) is 0 Å². The van der Waals surface area contributed by atoms with Gasteiger partial charge in [0.1, 0.15) is 0 Å². The maximum absolute atomic E-state index is 12.5. The molecule has 3 rings (SSSR count). The van der Waals surface area contributed by atoms with E-state index < -0.39 is 23.2 Å². The molecule has 1 aromatic carbocycles. The van der Waals surface area contributed by atoms with Crippen molar-refractivity contribution in [3.05, 3.63) is 29.3 Å². The number of hydrogen-bond donors (Lipinski definition) is 2. The number of amides is 1. The fraction of sp³-hybridized carbons (Fsp3) is 0.471. The highest BCUT2D eigenvalue weighted by Gasteiger charge is 2.42. The summed E-state index contributed by atoms with van der Waals surface area (Å²) in [5, 5.41) is 11.9. The van der Waals surface area contributed by atoms with Crippen LogP contribution in [-0.4, -0.2) is 22.8 Å². The first-order valence-corrected chi connectivity index (χ1v) is 7.51. The Hall–Kier alpha value is -2.17. The SMILES string of the molecule is CC1(C)Cc2cc(C(=O)C3CCC3C(=O)O)ccc2NC1=O. The molecule has 1 amide bonds. The van der Waals surface area contributed by atoms with Gasteiger partial charge in [-0.15, -0.1) is 0 Å². The summed E-state index contributed by atoms with van der Waals surface area (Å²) < 4.78 is 0. The quantitative estimate of drug-likeness (QED) is 0.840. The van der Waals surface area contributed by atoms with Crippen molar-refractivity contribution in [3.8, 4) is 0 Å². The standard InChI is InChI=1S/C17H19NO4/c1-17(2)8-10-7-9(3-6-13(10)18-16(17)22)14(19)11-4-5-12(11)15(20)21/h3,6-7,11-12H,4-5,8H2,1-2H3,(H,18,22)(H,20,21). The van der Waals surface area contributed by atoms with Gasteiger partial charge in [0.15, 0.2) is 5.78 Å². The van der Waals surface area contributed by atoms with E-state index in [-0.39, 0.29) is 11.7 Å². The van der Waals surface area contributed by atoms with Crippen LogP contribution in [0.25, 0.3) is 0 Å². The van der Waals surface area contributed by atoms with Gasteiger partial charge >= 0.3 is 5.97 Å². The summed E-state index contributed by atoms with van der Waals surface area (Å²) >= 11 is 0. The fourth-order valence-corrected chi connectivity index (χ4v) is 3.19. The van der Waals surface area contributed by atoms with Gasteiger partial charge in [0, 0.05) is 22.6 Å². The molecule has 22 heavy (non-hydrogen) atoms. The minimum atomic E-state index is -0.893. The first kappa shape index (κ1) is 14.8. The summed E-state index contributed by atoms with van der Waals surface area (Å²) in [6.07, 6.45) is 1.77. The van der Waals surface area contributed by atoms with E-state index in [0.717, 1.165) is 11.3 Å². The van der Waals surface area contributed by atoms with Crippen LogP contribution in [0, 0.1) is 17.3 Å². The molecular formula is C17H19NO4. The summed E-state index contributed by atoms with van der Waals surface area (Å²) in [6, 6.07) is 5.22. The second kappa shape index (κ2) is 4.93. The fourth-order valence-electron chi connectivity index (χ4n) is 3.19. The van der Waals surface area contributed by atoms with Crippen molar-refractivity contribution < 1.29 is 19.5 Å². The Morgan fingerprint density at radius 1 is 1.23 bits per heavy atom. The molecule has 1 aliphatic heterocycles. The van der Waals surface area contributed by atoms with Crippen LogP contribution in [0.4, 0.5) is 5.69 Å². The Balaban J connectivity index is 1.87. The van der Waals surface area contributed by atoms with Crippen molar-refractivity contribution in [2.75, 3.05) is 5.32 Å². The van der Waals surface area contributed by atoms with Gasteiger partial charge < -0.3 is 10.4 Å². The van der Waals surface area contributed by atoms with Crippen LogP contribution in [0.15, 0.2) is 18.2 Å². The number of nitrogens with one attached hydrogen (secondary N) is 1. The van der Waals surface area contributed by atoms with Gasteiger partial charge in [0.2, 0.25) is 5.91 Å². The molecule has 2 unspecified atom stereocenters. The Morgan fingerprint density at radius 2 is 1.91 bits per heavy atom. The van der Waals surface area contributed by atoms with Crippen LogP contribution < -0.4 is 5.32 Å². The molecular weight excluding hydrogens is 282 g/mol. The molecule has 0 saturated heterocycles. The molecule has 5 nitrogen and oxygen atoms in total. The minimum Gasteiger partial charge on any atom is -0.481 e. The molecule has 2 N–H and O–H groups in total. The maximum Gasteiger partial charge on any atom is 0.307 e. The van der Waals surface area contributed by atoms with Crippen LogP contribution in [0.1, 0.15) is 42.6 Å². The number of hydrogen-bond acceptors (Lipinski definition) is 3. The highest BCUT2D eigenvalue weighted by Crippen LogP contribution is 2.38. The largest absolute Gasteiger partial charge is 0.481 e. The lowest BCUT2D eigenvalue weighted by atomic mass is 9.70. The molecule has 2 atom stereocenters. The number of carbonyl (C=O) groups is 3. The summed E-state index contributed by atoms with van der Waals surface area (Å²) in [5.74, 6) is -1.99. The summed E-state index contributed by atoms with van der Waals surface area (Å²) in [7, 11) is 0.